The fourth-order valence-electron chi connectivity index (χ4n) is 1.44. The van der Waals surface area contributed by atoms with E-state index in [4.69, 9.17) is 5.11 Å². The van der Waals surface area contributed by atoms with Crippen LogP contribution >= 0.6 is 0 Å². The molecule has 4 N–H and O–H groups in total. The van der Waals surface area contributed by atoms with Crippen LogP contribution in [0.3, 0.4) is 0 Å². The zero-order chi connectivity index (χ0) is 9.84. The number of likely N-dealkylation sites (N-methyl/N-ethyl adjacent to an activating group) is 1. The van der Waals surface area contributed by atoms with Gasteiger partial charge in [-0.25, -0.2) is 0 Å². The molecule has 14 heavy (non-hydrogen) atoms. The highest BCUT2D eigenvalue weighted by Crippen LogP contribution is 2.07. The van der Waals surface area contributed by atoms with Gasteiger partial charge in [-0.3, -0.25) is 9.59 Å². The first kappa shape index (κ1) is 12.9. The zero-order valence-corrected chi connectivity index (χ0v) is 8.12. The molecule has 1 amide bonds. The SMILES string of the molecule is CN(CC(=O)O)C(=O)[C@@H]1CCCN1.O. The van der Waals surface area contributed by atoms with Gasteiger partial charge in [-0.15, -0.1) is 0 Å². The molecule has 6 nitrogen and oxygen atoms in total. The number of carboxylic acid groups (broad SMARTS) is 1. The first-order valence-corrected chi connectivity index (χ1v) is 4.31. The van der Waals surface area contributed by atoms with Crippen LogP contribution in [-0.2, 0) is 9.59 Å². The minimum Gasteiger partial charge on any atom is -0.480 e. The molecule has 0 spiro atoms. The van der Waals surface area contributed by atoms with Gasteiger partial charge in [-0.05, 0) is 19.4 Å². The van der Waals surface area contributed by atoms with Crippen LogP contribution in [0.25, 0.3) is 0 Å². The van der Waals surface area contributed by atoms with Gasteiger partial charge in [0.05, 0.1) is 6.04 Å². The number of aliphatic carboxylic acids is 1. The van der Waals surface area contributed by atoms with Crippen molar-refractivity contribution in [3.63, 3.8) is 0 Å². The summed E-state index contributed by atoms with van der Waals surface area (Å²) >= 11 is 0. The Kier molecular flexibility index (Phi) is 5.11. The van der Waals surface area contributed by atoms with E-state index in [1.807, 2.05) is 0 Å². The number of rotatable bonds is 3. The van der Waals surface area contributed by atoms with Gasteiger partial charge < -0.3 is 20.8 Å². The molecule has 1 heterocycles. The van der Waals surface area contributed by atoms with Crippen molar-refractivity contribution >= 4 is 11.9 Å². The highest BCUT2D eigenvalue weighted by molar-refractivity contribution is 5.85. The Morgan fingerprint density at radius 1 is 1.57 bits per heavy atom. The van der Waals surface area contributed by atoms with Gasteiger partial charge in [0.1, 0.15) is 6.54 Å². The average Bonchev–Trinajstić information content (AvgIpc) is 2.53. The third-order valence-corrected chi connectivity index (χ3v) is 2.11. The fraction of sp³-hybridized carbons (Fsp3) is 0.750. The Labute approximate surface area is 82.2 Å². The summed E-state index contributed by atoms with van der Waals surface area (Å²) in [6, 6.07) is -0.177. The van der Waals surface area contributed by atoms with Gasteiger partial charge in [-0.1, -0.05) is 0 Å². The van der Waals surface area contributed by atoms with Crippen LogP contribution in [-0.4, -0.2) is 53.5 Å². The van der Waals surface area contributed by atoms with Crippen LogP contribution < -0.4 is 5.32 Å². The highest BCUT2D eigenvalue weighted by Gasteiger charge is 2.25. The number of carboxylic acids is 1. The van der Waals surface area contributed by atoms with E-state index in [2.05, 4.69) is 5.32 Å². The molecule has 1 aliphatic heterocycles. The summed E-state index contributed by atoms with van der Waals surface area (Å²) in [6.07, 6.45) is 1.79. The minimum atomic E-state index is -0.978. The topological polar surface area (TPSA) is 101 Å². The molecule has 0 aromatic heterocycles. The van der Waals surface area contributed by atoms with Crippen molar-refractivity contribution in [2.75, 3.05) is 20.1 Å². The largest absolute Gasteiger partial charge is 0.480 e. The van der Waals surface area contributed by atoms with Gasteiger partial charge in [0.15, 0.2) is 0 Å². The summed E-state index contributed by atoms with van der Waals surface area (Å²) in [5.74, 6) is -1.10. The van der Waals surface area contributed by atoms with Gasteiger partial charge in [0, 0.05) is 7.05 Å². The molecule has 0 unspecified atom stereocenters. The lowest BCUT2D eigenvalue weighted by molar-refractivity contribution is -0.144. The second-order valence-corrected chi connectivity index (χ2v) is 3.24. The Hall–Kier alpha value is -1.14. The van der Waals surface area contributed by atoms with Crippen LogP contribution in [0.1, 0.15) is 12.8 Å². The zero-order valence-electron chi connectivity index (χ0n) is 8.12. The van der Waals surface area contributed by atoms with Crippen molar-refractivity contribution in [1.29, 1.82) is 0 Å². The molecule has 1 aliphatic rings. The second-order valence-electron chi connectivity index (χ2n) is 3.24. The van der Waals surface area contributed by atoms with E-state index < -0.39 is 5.97 Å². The van der Waals surface area contributed by atoms with Crippen molar-refractivity contribution in [3.05, 3.63) is 0 Å². The minimum absolute atomic E-state index is 0. The van der Waals surface area contributed by atoms with E-state index in [9.17, 15) is 9.59 Å². The molecule has 1 rings (SSSR count). The van der Waals surface area contributed by atoms with Crippen LogP contribution in [0.4, 0.5) is 0 Å². The summed E-state index contributed by atoms with van der Waals surface area (Å²) in [4.78, 5) is 23.0. The summed E-state index contributed by atoms with van der Waals surface area (Å²) in [5.41, 5.74) is 0. The standard InChI is InChI=1S/C8H14N2O3.H2O/c1-10(5-7(11)12)8(13)6-3-2-4-9-6;/h6,9H,2-5H2,1H3,(H,11,12);1H2/t6-;/m0./s1. The smallest absolute Gasteiger partial charge is 0.323 e. The Balaban J connectivity index is 0.00000169. The maximum atomic E-state index is 11.5. The third-order valence-electron chi connectivity index (χ3n) is 2.11. The van der Waals surface area contributed by atoms with Crippen molar-refractivity contribution in [2.45, 2.75) is 18.9 Å². The molecule has 6 heteroatoms. The van der Waals surface area contributed by atoms with Gasteiger partial charge in [-0.2, -0.15) is 0 Å². The first-order chi connectivity index (χ1) is 6.11. The molecule has 1 atom stereocenters. The first-order valence-electron chi connectivity index (χ1n) is 4.31. The number of carbonyl (C=O) groups is 2. The van der Waals surface area contributed by atoms with Gasteiger partial charge >= 0.3 is 5.97 Å². The summed E-state index contributed by atoms with van der Waals surface area (Å²) < 4.78 is 0. The van der Waals surface area contributed by atoms with E-state index in [1.165, 1.54) is 11.9 Å². The normalized spacial score (nSPS) is 19.9. The molecule has 0 bridgehead atoms. The van der Waals surface area contributed by atoms with Crippen LogP contribution in [0.5, 0.6) is 0 Å². The molecular weight excluding hydrogens is 188 g/mol. The second kappa shape index (κ2) is 5.56. The van der Waals surface area contributed by atoms with Crippen molar-refractivity contribution in [3.8, 4) is 0 Å². The van der Waals surface area contributed by atoms with Gasteiger partial charge in [0.25, 0.3) is 0 Å². The van der Waals surface area contributed by atoms with Crippen molar-refractivity contribution in [1.82, 2.24) is 10.2 Å². The molecule has 0 saturated carbocycles. The average molecular weight is 204 g/mol. The van der Waals surface area contributed by atoms with Crippen molar-refractivity contribution in [2.24, 2.45) is 0 Å². The third kappa shape index (κ3) is 3.31. The maximum Gasteiger partial charge on any atom is 0.323 e. The number of hydrogen-bond donors (Lipinski definition) is 2. The van der Waals surface area contributed by atoms with E-state index in [-0.39, 0.29) is 24.0 Å². The highest BCUT2D eigenvalue weighted by atomic mass is 16.4. The number of carbonyl (C=O) groups excluding carboxylic acids is 1. The number of nitrogens with zero attached hydrogens (tertiary/aromatic N) is 1. The number of nitrogens with one attached hydrogen (secondary N) is 1. The molecular formula is C8H16N2O4. The van der Waals surface area contributed by atoms with E-state index in [0.29, 0.717) is 0 Å². The number of amides is 1. The lowest BCUT2D eigenvalue weighted by Crippen LogP contribution is -2.43. The van der Waals surface area contributed by atoms with E-state index >= 15 is 0 Å². The summed E-state index contributed by atoms with van der Waals surface area (Å²) in [6.45, 7) is 0.619. The Morgan fingerprint density at radius 3 is 2.64 bits per heavy atom. The van der Waals surface area contributed by atoms with E-state index in [0.717, 1.165) is 19.4 Å². The Morgan fingerprint density at radius 2 is 2.21 bits per heavy atom. The van der Waals surface area contributed by atoms with Crippen LogP contribution in [0.15, 0.2) is 0 Å². The predicted molar refractivity (Wildman–Crippen MR) is 49.9 cm³/mol. The summed E-state index contributed by atoms with van der Waals surface area (Å²) in [5, 5.41) is 11.5. The molecule has 82 valence electrons. The fourth-order valence-corrected chi connectivity index (χ4v) is 1.44. The monoisotopic (exact) mass is 204 g/mol. The quantitative estimate of drug-likeness (QED) is 0.581. The van der Waals surface area contributed by atoms with Crippen molar-refractivity contribution < 1.29 is 20.2 Å². The molecule has 1 saturated heterocycles. The molecule has 0 aliphatic carbocycles. The molecule has 0 radical (unpaired) electrons. The van der Waals surface area contributed by atoms with Crippen LogP contribution in [0.2, 0.25) is 0 Å². The van der Waals surface area contributed by atoms with E-state index in [1.54, 1.807) is 0 Å². The van der Waals surface area contributed by atoms with Crippen LogP contribution in [0, 0.1) is 0 Å². The lowest BCUT2D eigenvalue weighted by Gasteiger charge is -2.18. The molecule has 1 fully saturated rings. The maximum absolute atomic E-state index is 11.5. The Bertz CT molecular complexity index is 213. The summed E-state index contributed by atoms with van der Waals surface area (Å²) in [7, 11) is 1.51. The van der Waals surface area contributed by atoms with Gasteiger partial charge in [0.2, 0.25) is 5.91 Å². The predicted octanol–water partition coefficient (Wildman–Crippen LogP) is -1.54. The lowest BCUT2D eigenvalue weighted by atomic mass is 10.2. The molecule has 0 aromatic rings. The molecule has 0 aromatic carbocycles. The number of hydrogen-bond acceptors (Lipinski definition) is 3.